The molecule has 2 rings (SSSR count). The quantitative estimate of drug-likeness (QED) is 0.0281. The summed E-state index contributed by atoms with van der Waals surface area (Å²) in [5, 5.41) is 67.1. The molecule has 446 valence electrons. The highest BCUT2D eigenvalue weighted by Crippen LogP contribution is 2.19. The maximum absolute atomic E-state index is 14.3. The summed E-state index contributed by atoms with van der Waals surface area (Å²) in [5.41, 5.74) is 17.2. The summed E-state index contributed by atoms with van der Waals surface area (Å²) in [7, 11) is 0. The Balaban J connectivity index is 2.34. The summed E-state index contributed by atoms with van der Waals surface area (Å²) < 4.78 is 0. The molecule has 0 saturated carbocycles. The van der Waals surface area contributed by atoms with E-state index in [0.29, 0.717) is 31.4 Å². The maximum Gasteiger partial charge on any atom is 0.326 e. The lowest BCUT2D eigenvalue weighted by molar-refractivity contribution is -0.144. The second-order valence-corrected chi connectivity index (χ2v) is 19.7. The number of aromatic hydroxyl groups is 1. The van der Waals surface area contributed by atoms with Crippen LogP contribution in [-0.2, 0) is 68.7 Å². The van der Waals surface area contributed by atoms with Gasteiger partial charge in [0.25, 0.3) is 0 Å². The highest BCUT2D eigenvalue weighted by molar-refractivity contribution is 5.99. The number of aliphatic hydroxyl groups excluding tert-OH is 1. The molecule has 1 aromatic rings. The number of unbranched alkanes of at least 4 members (excludes halogenated alkanes) is 1. The highest BCUT2D eigenvalue weighted by Gasteiger charge is 2.39. The average molecular weight is 1140 g/mol. The number of phenols is 1. The summed E-state index contributed by atoms with van der Waals surface area (Å²) in [6, 6.07) is -8.02. The number of carboxylic acids is 3. The number of carbonyl (C=O) groups excluding carboxylic acids is 10. The first kappa shape index (κ1) is 68.1. The van der Waals surface area contributed by atoms with E-state index in [1.807, 2.05) is 0 Å². The van der Waals surface area contributed by atoms with Crippen LogP contribution in [0.3, 0.4) is 0 Å². The van der Waals surface area contributed by atoms with Gasteiger partial charge in [0.15, 0.2) is 0 Å². The van der Waals surface area contributed by atoms with Crippen molar-refractivity contribution in [1.82, 2.24) is 47.4 Å². The Kier molecular flexibility index (Phi) is 29.0. The summed E-state index contributed by atoms with van der Waals surface area (Å²) >= 11 is 0. The number of amides is 10. The summed E-state index contributed by atoms with van der Waals surface area (Å²) in [6.07, 6.45) is -1.39. The molecule has 10 amide bonds. The third-order valence-electron chi connectivity index (χ3n) is 13.0. The number of nitrogens with one attached hydrogen (secondary N) is 8. The number of likely N-dealkylation sites (tertiary alicyclic amines) is 1. The molecule has 1 aliphatic heterocycles. The molecule has 1 heterocycles. The van der Waals surface area contributed by atoms with Crippen LogP contribution in [0, 0.1) is 11.8 Å². The SMILES string of the molecule is CC[C@H](C)[C@H](NC(=O)[C@H](CC(N)=O)NC(=O)[C@@H](NC(=O)[C@H](Cc1ccc(O)cc1)NC(=O)[C@H](CCC(=O)O)NC(=O)CNC(=O)[C@@H]1CCCN1C(=O)[C@H](CO)NC(=O)[C@@H](N)CCCCN)C(C)C)C(=O)N[C@@H](CCC(=O)O)C(=O)O. The molecular weight excluding hydrogens is 1060 g/mol. The molecule has 30 nitrogen and oxygen atoms in total. The molecule has 0 aliphatic carbocycles. The number of hydrogen-bond acceptors (Lipinski definition) is 17. The number of nitrogens with zero attached hydrogens (tertiary/aromatic N) is 1. The molecule has 1 fully saturated rings. The van der Waals surface area contributed by atoms with Gasteiger partial charge >= 0.3 is 17.9 Å². The van der Waals surface area contributed by atoms with Gasteiger partial charge in [0.1, 0.15) is 54.1 Å². The number of rotatable bonds is 36. The lowest BCUT2D eigenvalue weighted by atomic mass is 9.96. The minimum Gasteiger partial charge on any atom is -0.508 e. The molecule has 10 atom stereocenters. The average Bonchev–Trinajstić information content (AvgIpc) is 3.90. The van der Waals surface area contributed by atoms with E-state index in [0.717, 1.165) is 4.90 Å². The first-order chi connectivity index (χ1) is 37.6. The van der Waals surface area contributed by atoms with Crippen LogP contribution in [0.2, 0.25) is 0 Å². The van der Waals surface area contributed by atoms with E-state index < -0.39 is 188 Å². The van der Waals surface area contributed by atoms with Gasteiger partial charge in [-0.05, 0) is 74.6 Å². The zero-order valence-electron chi connectivity index (χ0n) is 45.2. The Morgan fingerprint density at radius 2 is 1.20 bits per heavy atom. The van der Waals surface area contributed by atoms with E-state index in [-0.39, 0.29) is 38.0 Å². The van der Waals surface area contributed by atoms with Crippen molar-refractivity contribution in [1.29, 1.82) is 0 Å². The van der Waals surface area contributed by atoms with Crippen molar-refractivity contribution in [2.45, 2.75) is 159 Å². The van der Waals surface area contributed by atoms with E-state index in [4.69, 9.17) is 22.3 Å². The first-order valence-corrected chi connectivity index (χ1v) is 26.1. The van der Waals surface area contributed by atoms with Gasteiger partial charge < -0.3 is 90.2 Å². The topological polar surface area (TPSA) is 501 Å². The fraction of sp³-hybridized carbons (Fsp3) is 0.620. The van der Waals surface area contributed by atoms with E-state index in [1.54, 1.807) is 6.92 Å². The number of aliphatic carboxylic acids is 3. The van der Waals surface area contributed by atoms with E-state index in [2.05, 4.69) is 42.5 Å². The Morgan fingerprint density at radius 1 is 0.662 bits per heavy atom. The Labute approximate surface area is 461 Å². The molecule has 0 bridgehead atoms. The molecular formula is C50H78N12O18. The molecule has 19 N–H and O–H groups in total. The van der Waals surface area contributed by atoms with Crippen LogP contribution >= 0.6 is 0 Å². The molecule has 0 unspecified atom stereocenters. The van der Waals surface area contributed by atoms with E-state index in [9.17, 15) is 82.8 Å². The van der Waals surface area contributed by atoms with Crippen molar-refractivity contribution in [3.05, 3.63) is 29.8 Å². The van der Waals surface area contributed by atoms with Crippen molar-refractivity contribution in [2.24, 2.45) is 29.0 Å². The van der Waals surface area contributed by atoms with Crippen LogP contribution in [0.15, 0.2) is 24.3 Å². The van der Waals surface area contributed by atoms with Crippen molar-refractivity contribution >= 4 is 77.0 Å². The van der Waals surface area contributed by atoms with Crippen LogP contribution in [-0.4, -0.2) is 188 Å². The number of benzene rings is 1. The smallest absolute Gasteiger partial charge is 0.326 e. The van der Waals surface area contributed by atoms with Crippen LogP contribution in [0.4, 0.5) is 0 Å². The number of aliphatic hydroxyl groups is 1. The summed E-state index contributed by atoms with van der Waals surface area (Å²) in [6.45, 7) is 4.98. The van der Waals surface area contributed by atoms with E-state index >= 15 is 0 Å². The Bertz CT molecular complexity index is 2360. The van der Waals surface area contributed by atoms with Gasteiger partial charge in [0, 0.05) is 25.8 Å². The van der Waals surface area contributed by atoms with Gasteiger partial charge in [-0.1, -0.05) is 52.7 Å². The Morgan fingerprint density at radius 3 is 1.75 bits per heavy atom. The number of hydrogen-bond donors (Lipinski definition) is 16. The predicted molar refractivity (Wildman–Crippen MR) is 281 cm³/mol. The monoisotopic (exact) mass is 1130 g/mol. The zero-order valence-corrected chi connectivity index (χ0v) is 45.2. The molecule has 0 aromatic heterocycles. The number of primary amides is 1. The minimum atomic E-state index is -1.80. The first-order valence-electron chi connectivity index (χ1n) is 26.1. The van der Waals surface area contributed by atoms with Crippen molar-refractivity contribution in [2.75, 3.05) is 26.2 Å². The van der Waals surface area contributed by atoms with Crippen molar-refractivity contribution in [3.63, 3.8) is 0 Å². The fourth-order valence-corrected chi connectivity index (χ4v) is 8.23. The number of phenolic OH excluding ortho intramolecular Hbond substituents is 1. The van der Waals surface area contributed by atoms with Gasteiger partial charge in [0.05, 0.1) is 25.6 Å². The normalized spacial score (nSPS) is 16.4. The second kappa shape index (κ2) is 34.1. The van der Waals surface area contributed by atoms with Crippen LogP contribution in [0.1, 0.15) is 104 Å². The molecule has 30 heteroatoms. The molecule has 80 heavy (non-hydrogen) atoms. The summed E-state index contributed by atoms with van der Waals surface area (Å²) in [4.78, 5) is 170. The van der Waals surface area contributed by atoms with Gasteiger partial charge in [-0.3, -0.25) is 57.5 Å². The summed E-state index contributed by atoms with van der Waals surface area (Å²) in [5.74, 6) is -15.7. The molecule has 0 radical (unpaired) electrons. The van der Waals surface area contributed by atoms with Crippen molar-refractivity contribution in [3.8, 4) is 5.75 Å². The van der Waals surface area contributed by atoms with Gasteiger partial charge in [-0.2, -0.15) is 0 Å². The molecule has 1 aromatic carbocycles. The third kappa shape index (κ3) is 23.1. The standard InChI is InChI=1S/C50H78N12O18/c1-5-26(4)41(48(77)56-31(50(79)80)16-18-39(69)70)61-45(74)33(22-36(53)65)58-47(76)40(25(2)3)60-44(73)32(21-27-11-13-28(64)14-12-27)57-43(72)30(15-17-38(67)68)55-37(66)23-54-46(75)35-10-8-20-62(35)49(78)34(24-63)59-42(71)29(52)9-6-7-19-51/h11-14,25-26,29-35,40-41,63-64H,5-10,15-24,51-52H2,1-4H3,(H2,53,65)(H,54,75)(H,55,66)(H,56,77)(H,57,72)(H,58,76)(H,59,71)(H,60,73)(H,61,74)(H,67,68)(H,69,70)(H,79,80)/t26-,29-,30-,31-,32-,33-,34-,35-,40-,41-/m0/s1. The fourth-order valence-electron chi connectivity index (χ4n) is 8.23. The molecule has 0 spiro atoms. The van der Waals surface area contributed by atoms with Gasteiger partial charge in [-0.15, -0.1) is 0 Å². The van der Waals surface area contributed by atoms with Crippen LogP contribution in [0.5, 0.6) is 5.75 Å². The van der Waals surface area contributed by atoms with E-state index in [1.165, 1.54) is 45.0 Å². The molecule has 1 saturated heterocycles. The van der Waals surface area contributed by atoms with Crippen LogP contribution in [0.25, 0.3) is 0 Å². The maximum atomic E-state index is 14.3. The largest absolute Gasteiger partial charge is 0.508 e. The van der Waals surface area contributed by atoms with Crippen molar-refractivity contribution < 1.29 is 87.9 Å². The zero-order chi connectivity index (χ0) is 60.4. The lowest BCUT2D eigenvalue weighted by Gasteiger charge is -2.29. The third-order valence-corrected chi connectivity index (χ3v) is 13.0. The highest BCUT2D eigenvalue weighted by atomic mass is 16.4. The minimum absolute atomic E-state index is 0.0596. The van der Waals surface area contributed by atoms with Gasteiger partial charge in [-0.25, -0.2) is 4.79 Å². The van der Waals surface area contributed by atoms with Gasteiger partial charge in [0.2, 0.25) is 59.1 Å². The second-order valence-electron chi connectivity index (χ2n) is 19.7. The predicted octanol–water partition coefficient (Wildman–Crippen LogP) is -4.72. The van der Waals surface area contributed by atoms with Crippen LogP contribution < -0.4 is 59.7 Å². The molecule has 1 aliphatic rings. The Hall–Kier alpha value is -7.99. The lowest BCUT2D eigenvalue weighted by Crippen LogP contribution is -2.61. The number of nitrogens with two attached hydrogens (primary N) is 3. The number of carboxylic acid groups (broad SMARTS) is 3. The number of carbonyl (C=O) groups is 13.